The zero-order valence-corrected chi connectivity index (χ0v) is 15.4. The van der Waals surface area contributed by atoms with E-state index in [2.05, 4.69) is 16.9 Å². The summed E-state index contributed by atoms with van der Waals surface area (Å²) < 4.78 is 33.7. The van der Waals surface area contributed by atoms with Gasteiger partial charge in [0.1, 0.15) is 11.9 Å². The largest absolute Gasteiger partial charge is 0.394 e. The number of allylic oxidation sites excluding steroid dienone is 1. The quantitative estimate of drug-likeness (QED) is 0.405. The average Bonchev–Trinajstić information content (AvgIpc) is 2.88. The first-order valence-electron chi connectivity index (χ1n) is 9.13. The molecule has 0 unspecified atom stereocenters. The maximum absolute atomic E-state index is 14.1. The molecule has 1 saturated heterocycles. The van der Waals surface area contributed by atoms with Gasteiger partial charge < -0.3 is 20.3 Å². The van der Waals surface area contributed by atoms with Crippen LogP contribution in [0.25, 0.3) is 0 Å². The minimum atomic E-state index is -3.78. The van der Waals surface area contributed by atoms with Gasteiger partial charge in [-0.3, -0.25) is 9.36 Å². The molecule has 28 heavy (non-hydrogen) atoms. The highest BCUT2D eigenvalue weighted by atomic mass is 19.3. The molecular formula is C18H25F2N3O5. The van der Waals surface area contributed by atoms with Crippen molar-refractivity contribution in [1.29, 1.82) is 0 Å². The van der Waals surface area contributed by atoms with E-state index in [1.165, 1.54) is 6.07 Å². The first kappa shape index (κ1) is 22.1. The second-order valence-corrected chi connectivity index (χ2v) is 6.62. The van der Waals surface area contributed by atoms with Crippen LogP contribution in [-0.2, 0) is 9.53 Å². The molecular weight excluding hydrogens is 376 g/mol. The molecule has 0 aromatic carbocycles. The summed E-state index contributed by atoms with van der Waals surface area (Å²) in [5.74, 6) is -4.17. The third-order valence-electron chi connectivity index (χ3n) is 4.47. The monoisotopic (exact) mass is 401 g/mol. The van der Waals surface area contributed by atoms with E-state index in [0.29, 0.717) is 11.0 Å². The van der Waals surface area contributed by atoms with E-state index in [0.717, 1.165) is 31.9 Å². The number of aliphatic hydroxyl groups excluding tert-OH is 2. The molecule has 1 aromatic rings. The summed E-state index contributed by atoms with van der Waals surface area (Å²) in [5, 5.41) is 21.0. The number of amides is 1. The van der Waals surface area contributed by atoms with Crippen LogP contribution in [0.4, 0.5) is 14.6 Å². The van der Waals surface area contributed by atoms with Crippen molar-refractivity contribution >= 4 is 11.7 Å². The van der Waals surface area contributed by atoms with Crippen molar-refractivity contribution in [2.75, 3.05) is 11.9 Å². The fourth-order valence-corrected chi connectivity index (χ4v) is 2.91. The second-order valence-electron chi connectivity index (χ2n) is 6.62. The summed E-state index contributed by atoms with van der Waals surface area (Å²) in [6.07, 6.45) is 1.76. The van der Waals surface area contributed by atoms with Crippen LogP contribution in [0.1, 0.15) is 44.8 Å². The summed E-state index contributed by atoms with van der Waals surface area (Å²) in [5.41, 5.74) is -1.07. The maximum Gasteiger partial charge on any atom is 0.351 e. The van der Waals surface area contributed by atoms with E-state index in [1.54, 1.807) is 0 Å². The minimum Gasteiger partial charge on any atom is -0.394 e. The van der Waals surface area contributed by atoms with E-state index >= 15 is 0 Å². The lowest BCUT2D eigenvalue weighted by atomic mass is 10.1. The summed E-state index contributed by atoms with van der Waals surface area (Å²) in [7, 11) is 0. The van der Waals surface area contributed by atoms with Crippen molar-refractivity contribution in [3.05, 3.63) is 35.4 Å². The van der Waals surface area contributed by atoms with Crippen LogP contribution in [0, 0.1) is 0 Å². The van der Waals surface area contributed by atoms with E-state index < -0.39 is 36.7 Å². The SMILES string of the molecule is C=CCCCCCCC(=O)Nc1ccn([C@@H]2O[C@H](CO)[C@@H](O)C2(F)F)c(=O)n1. The molecule has 1 aliphatic rings. The van der Waals surface area contributed by atoms with E-state index in [-0.39, 0.29) is 18.1 Å². The highest BCUT2D eigenvalue weighted by Crippen LogP contribution is 2.41. The number of carbonyl (C=O) groups is 1. The molecule has 3 atom stereocenters. The molecule has 1 aromatic heterocycles. The molecule has 1 aliphatic heterocycles. The third kappa shape index (κ3) is 5.21. The van der Waals surface area contributed by atoms with Gasteiger partial charge in [-0.25, -0.2) is 4.79 Å². The Bertz CT molecular complexity index is 740. The first-order valence-corrected chi connectivity index (χ1v) is 9.13. The number of aliphatic hydroxyl groups is 2. The number of carbonyl (C=O) groups excluding carboxylic acids is 1. The normalized spacial score (nSPS) is 23.5. The third-order valence-corrected chi connectivity index (χ3v) is 4.47. The summed E-state index contributed by atoms with van der Waals surface area (Å²) in [6, 6.07) is 1.20. The highest BCUT2D eigenvalue weighted by Gasteiger charge is 2.59. The number of hydrogen-bond acceptors (Lipinski definition) is 6. The number of halogens is 2. The van der Waals surface area contributed by atoms with E-state index in [1.807, 2.05) is 6.08 Å². The number of nitrogens with one attached hydrogen (secondary N) is 1. The van der Waals surface area contributed by atoms with Crippen LogP contribution in [-0.4, -0.2) is 50.4 Å². The topological polar surface area (TPSA) is 114 Å². The number of unbranched alkanes of at least 4 members (excludes halogenated alkanes) is 4. The number of ether oxygens (including phenoxy) is 1. The Labute approximate surface area is 160 Å². The molecule has 156 valence electrons. The van der Waals surface area contributed by atoms with Gasteiger partial charge in [0.25, 0.3) is 0 Å². The lowest BCUT2D eigenvalue weighted by Gasteiger charge is -2.21. The lowest BCUT2D eigenvalue weighted by Crippen LogP contribution is -2.41. The van der Waals surface area contributed by atoms with Crippen molar-refractivity contribution in [2.24, 2.45) is 0 Å². The highest BCUT2D eigenvalue weighted by molar-refractivity contribution is 5.89. The molecule has 0 aliphatic carbocycles. The number of rotatable bonds is 10. The van der Waals surface area contributed by atoms with E-state index in [9.17, 15) is 23.5 Å². The molecule has 0 spiro atoms. The molecule has 2 rings (SSSR count). The Morgan fingerprint density at radius 1 is 1.39 bits per heavy atom. The average molecular weight is 401 g/mol. The molecule has 3 N–H and O–H groups in total. The number of alkyl halides is 2. The fraction of sp³-hybridized carbons (Fsp3) is 0.611. The van der Waals surface area contributed by atoms with Gasteiger partial charge in [0.05, 0.1) is 6.61 Å². The van der Waals surface area contributed by atoms with Crippen molar-refractivity contribution < 1.29 is 28.5 Å². The van der Waals surface area contributed by atoms with Gasteiger partial charge >= 0.3 is 11.6 Å². The second kappa shape index (κ2) is 9.85. The molecule has 1 fully saturated rings. The molecule has 10 heteroatoms. The lowest BCUT2D eigenvalue weighted by molar-refractivity contribution is -0.141. The summed E-state index contributed by atoms with van der Waals surface area (Å²) >= 11 is 0. The molecule has 1 amide bonds. The number of anilines is 1. The summed E-state index contributed by atoms with van der Waals surface area (Å²) in [4.78, 5) is 27.6. The number of nitrogens with zero attached hydrogens (tertiary/aromatic N) is 2. The predicted octanol–water partition coefficient (Wildman–Crippen LogP) is 1.59. The van der Waals surface area contributed by atoms with Gasteiger partial charge in [0, 0.05) is 12.6 Å². The van der Waals surface area contributed by atoms with Crippen LogP contribution >= 0.6 is 0 Å². The van der Waals surface area contributed by atoms with Gasteiger partial charge in [0.2, 0.25) is 12.1 Å². The van der Waals surface area contributed by atoms with Gasteiger partial charge in [-0.15, -0.1) is 6.58 Å². The van der Waals surface area contributed by atoms with Gasteiger partial charge in [-0.05, 0) is 25.3 Å². The number of aromatic nitrogens is 2. The molecule has 0 bridgehead atoms. The van der Waals surface area contributed by atoms with Crippen LogP contribution in [0.3, 0.4) is 0 Å². The minimum absolute atomic E-state index is 0.0570. The van der Waals surface area contributed by atoms with Gasteiger partial charge in [-0.2, -0.15) is 13.8 Å². The summed E-state index contributed by atoms with van der Waals surface area (Å²) in [6.45, 7) is 2.82. The fourth-order valence-electron chi connectivity index (χ4n) is 2.91. The van der Waals surface area contributed by atoms with Crippen LogP contribution in [0.2, 0.25) is 0 Å². The Hall–Kier alpha value is -2.17. The Kier molecular flexibility index (Phi) is 7.78. The van der Waals surface area contributed by atoms with Crippen LogP contribution in [0.15, 0.2) is 29.7 Å². The van der Waals surface area contributed by atoms with E-state index in [4.69, 9.17) is 9.84 Å². The van der Waals surface area contributed by atoms with Gasteiger partial charge in [-0.1, -0.05) is 18.9 Å². The van der Waals surface area contributed by atoms with Gasteiger partial charge in [0.15, 0.2) is 6.10 Å². The predicted molar refractivity (Wildman–Crippen MR) is 97.0 cm³/mol. The Morgan fingerprint density at radius 2 is 2.11 bits per heavy atom. The van der Waals surface area contributed by atoms with Crippen LogP contribution in [0.5, 0.6) is 0 Å². The van der Waals surface area contributed by atoms with Crippen LogP contribution < -0.4 is 11.0 Å². The number of hydrogen-bond donors (Lipinski definition) is 3. The Balaban J connectivity index is 1.94. The van der Waals surface area contributed by atoms with Crippen molar-refractivity contribution in [2.45, 2.75) is 62.9 Å². The first-order chi connectivity index (χ1) is 13.3. The van der Waals surface area contributed by atoms with Crippen molar-refractivity contribution in [3.63, 3.8) is 0 Å². The molecule has 2 heterocycles. The zero-order valence-electron chi connectivity index (χ0n) is 15.4. The zero-order chi connectivity index (χ0) is 20.7. The molecule has 0 saturated carbocycles. The maximum atomic E-state index is 14.1. The van der Waals surface area contributed by atoms with Crippen molar-refractivity contribution in [3.8, 4) is 0 Å². The molecule has 0 radical (unpaired) electrons. The van der Waals surface area contributed by atoms with Crippen molar-refractivity contribution in [1.82, 2.24) is 9.55 Å². The standard InChI is InChI=1S/C18H25F2N3O5/c1-2-3-4-5-6-7-8-14(25)21-13-9-10-23(17(27)22-13)16-18(19,20)15(26)12(11-24)28-16/h2,9-10,12,15-16,24,26H,1,3-8,11H2,(H,21,22,25,27)/t12-,15-,16-/m1/s1. The molecule has 8 nitrogen and oxygen atoms in total. The smallest absolute Gasteiger partial charge is 0.351 e. The Morgan fingerprint density at radius 3 is 2.71 bits per heavy atom.